The molecule has 0 radical (unpaired) electrons. The number of nitrogens with zero attached hydrogens (tertiary/aromatic N) is 3. The number of hydrogen-bond acceptors (Lipinski definition) is 11. The number of thioether (sulfide) groups is 2. The molecule has 0 bridgehead atoms. The summed E-state index contributed by atoms with van der Waals surface area (Å²) in [5.74, 6) is -1.84. The Morgan fingerprint density at radius 1 is 1.34 bits per heavy atom. The maximum absolute atomic E-state index is 12.8. The predicted molar refractivity (Wildman–Crippen MR) is 125 cm³/mol. The van der Waals surface area contributed by atoms with Crippen LogP contribution in [-0.2, 0) is 19.2 Å². The smallest absolute Gasteiger partial charge is 0.543 e. The molecular weight excluding hydrogens is 523 g/mol. The van der Waals surface area contributed by atoms with Gasteiger partial charge in [0.05, 0.1) is 11.7 Å². The number of fused-ring (bicyclic) bond motifs is 1. The van der Waals surface area contributed by atoms with Gasteiger partial charge in [-0.3, -0.25) is 19.3 Å². The standard InChI is InChI=1S/C20H20N6O5S3.Na/c1-9-24-25-20(34-9)33-7-11-6-32-18-14(17(29)26(18)15(11)19(30)31)23-16(28)13(21)10-2-4-12(5-3-10)22-8-27;/h2-5,8,13-14,18H,6-7,21H2,1H3,(H,22,27)(H,23,28)(H,30,31);/q;+1/p-1/t13?,14?,18-;/m0./s1. The van der Waals surface area contributed by atoms with Crippen molar-refractivity contribution < 1.29 is 53.8 Å². The van der Waals surface area contributed by atoms with Gasteiger partial charge in [0, 0.05) is 17.2 Å². The van der Waals surface area contributed by atoms with Crippen molar-refractivity contribution in [3.8, 4) is 0 Å². The quantitative estimate of drug-likeness (QED) is 0.126. The number of amides is 3. The molecule has 4 rings (SSSR count). The molecule has 178 valence electrons. The summed E-state index contributed by atoms with van der Waals surface area (Å²) in [5.41, 5.74) is 7.48. The Labute approximate surface area is 235 Å². The molecule has 35 heavy (non-hydrogen) atoms. The number of nitrogens with one attached hydrogen (secondary N) is 2. The molecule has 2 aliphatic heterocycles. The number of carbonyl (C=O) groups excluding carboxylic acids is 4. The summed E-state index contributed by atoms with van der Waals surface area (Å²) >= 11 is 4.12. The summed E-state index contributed by atoms with van der Waals surface area (Å²) < 4.78 is 0.707. The number of aromatic nitrogens is 2. The molecule has 3 atom stereocenters. The Morgan fingerprint density at radius 2 is 2.06 bits per heavy atom. The minimum absolute atomic E-state index is 0. The molecule has 3 amide bonds. The molecule has 1 aromatic heterocycles. The summed E-state index contributed by atoms with van der Waals surface area (Å²) in [6, 6.07) is 4.46. The summed E-state index contributed by atoms with van der Waals surface area (Å²) in [6.45, 7) is 1.83. The first-order valence-electron chi connectivity index (χ1n) is 9.97. The van der Waals surface area contributed by atoms with Crippen molar-refractivity contribution in [2.45, 2.75) is 28.7 Å². The third-order valence-electron chi connectivity index (χ3n) is 5.19. The van der Waals surface area contributed by atoms with E-state index in [1.165, 1.54) is 39.8 Å². The second-order valence-corrected chi connectivity index (χ2v) is 10.9. The van der Waals surface area contributed by atoms with E-state index in [0.29, 0.717) is 39.1 Å². The molecule has 15 heteroatoms. The van der Waals surface area contributed by atoms with Gasteiger partial charge in [0.2, 0.25) is 12.3 Å². The van der Waals surface area contributed by atoms with Crippen LogP contribution in [0.4, 0.5) is 5.69 Å². The van der Waals surface area contributed by atoms with Gasteiger partial charge in [0.15, 0.2) is 4.34 Å². The van der Waals surface area contributed by atoms with Crippen LogP contribution in [0.3, 0.4) is 0 Å². The Morgan fingerprint density at radius 3 is 2.66 bits per heavy atom. The van der Waals surface area contributed by atoms with E-state index in [2.05, 4.69) is 20.8 Å². The number of nitrogens with two attached hydrogens (primary N) is 1. The molecule has 11 nitrogen and oxygen atoms in total. The van der Waals surface area contributed by atoms with Gasteiger partial charge in [0.1, 0.15) is 22.5 Å². The number of hydrogen-bond donors (Lipinski definition) is 3. The van der Waals surface area contributed by atoms with Crippen molar-refractivity contribution in [2.24, 2.45) is 5.73 Å². The normalized spacial score (nSPS) is 19.7. The number of aliphatic carboxylic acids is 1. The summed E-state index contributed by atoms with van der Waals surface area (Å²) in [4.78, 5) is 49.0. The summed E-state index contributed by atoms with van der Waals surface area (Å²) in [7, 11) is 0. The van der Waals surface area contributed by atoms with Gasteiger partial charge in [-0.25, -0.2) is 0 Å². The SMILES string of the molecule is Cc1nnc(SCC2=C(C(=O)[O-])N3C(=O)C(NC(=O)C(N)c4ccc(NC=O)cc4)[C@@H]3SC2)s1.[Na+]. The van der Waals surface area contributed by atoms with Gasteiger partial charge in [-0.15, -0.1) is 22.0 Å². The Kier molecular flexibility index (Phi) is 9.37. The van der Waals surface area contributed by atoms with Crippen molar-refractivity contribution in [1.82, 2.24) is 20.4 Å². The second-order valence-electron chi connectivity index (χ2n) is 7.37. The number of β-lactam (4-membered cyclic amide) rings is 1. The van der Waals surface area contributed by atoms with Crippen LogP contribution in [0.5, 0.6) is 0 Å². The van der Waals surface area contributed by atoms with Crippen molar-refractivity contribution in [1.29, 1.82) is 0 Å². The molecule has 0 saturated carbocycles. The van der Waals surface area contributed by atoms with E-state index in [0.717, 1.165) is 5.01 Å². The zero-order valence-electron chi connectivity index (χ0n) is 18.7. The number of carboxylic acid groups (broad SMARTS) is 1. The first-order chi connectivity index (χ1) is 16.3. The number of benzene rings is 1. The molecule has 2 aliphatic rings. The average Bonchev–Trinajstić information content (AvgIpc) is 3.25. The third-order valence-corrected chi connectivity index (χ3v) is 8.59. The minimum Gasteiger partial charge on any atom is -0.543 e. The van der Waals surface area contributed by atoms with E-state index in [4.69, 9.17) is 5.73 Å². The van der Waals surface area contributed by atoms with Crippen LogP contribution in [0.25, 0.3) is 0 Å². The van der Waals surface area contributed by atoms with Gasteiger partial charge >= 0.3 is 29.6 Å². The van der Waals surface area contributed by atoms with E-state index >= 15 is 0 Å². The van der Waals surface area contributed by atoms with Crippen LogP contribution in [0, 0.1) is 6.92 Å². The van der Waals surface area contributed by atoms with E-state index in [-0.39, 0.29) is 35.3 Å². The first kappa shape index (κ1) is 27.6. The molecule has 2 unspecified atom stereocenters. The zero-order chi connectivity index (χ0) is 24.4. The van der Waals surface area contributed by atoms with Crippen LogP contribution in [0.1, 0.15) is 16.6 Å². The fourth-order valence-corrected chi connectivity index (χ4v) is 6.82. The Hall–Kier alpha value is -1.94. The Balaban J connectivity index is 0.00000342. The average molecular weight is 543 g/mol. The summed E-state index contributed by atoms with van der Waals surface area (Å²) in [5, 5.41) is 25.2. The predicted octanol–water partition coefficient (Wildman–Crippen LogP) is -3.39. The molecule has 1 fully saturated rings. The fourth-order valence-electron chi connectivity index (χ4n) is 3.52. The van der Waals surface area contributed by atoms with Gasteiger partial charge in [-0.2, -0.15) is 0 Å². The molecule has 4 N–H and O–H groups in total. The van der Waals surface area contributed by atoms with E-state index < -0.39 is 35.2 Å². The summed E-state index contributed by atoms with van der Waals surface area (Å²) in [6.07, 6.45) is 0.536. The third kappa shape index (κ3) is 5.90. The Bertz CT molecular complexity index is 1170. The van der Waals surface area contributed by atoms with Crippen LogP contribution in [0.2, 0.25) is 0 Å². The van der Waals surface area contributed by atoms with Gasteiger partial charge in [-0.05, 0) is 30.2 Å². The number of carboxylic acids is 1. The van der Waals surface area contributed by atoms with Crippen molar-refractivity contribution >= 4 is 64.7 Å². The van der Waals surface area contributed by atoms with Crippen molar-refractivity contribution in [3.05, 3.63) is 46.1 Å². The molecule has 3 heterocycles. The van der Waals surface area contributed by atoms with Crippen LogP contribution in [-0.4, -0.2) is 62.2 Å². The molecule has 1 saturated heterocycles. The number of aryl methyl sites for hydroxylation is 1. The van der Waals surface area contributed by atoms with Crippen molar-refractivity contribution in [2.75, 3.05) is 16.8 Å². The number of anilines is 1. The van der Waals surface area contributed by atoms with E-state index in [1.54, 1.807) is 24.3 Å². The maximum Gasteiger partial charge on any atom is 1.00 e. The number of carbonyl (C=O) groups is 4. The minimum atomic E-state index is -1.44. The van der Waals surface area contributed by atoms with Crippen LogP contribution in [0.15, 0.2) is 39.9 Å². The largest absolute Gasteiger partial charge is 1.00 e. The number of rotatable bonds is 9. The topological polar surface area (TPSA) is 170 Å². The zero-order valence-corrected chi connectivity index (χ0v) is 23.2. The van der Waals surface area contributed by atoms with E-state index in [1.807, 2.05) is 6.92 Å². The molecule has 0 spiro atoms. The molecule has 2 aromatic rings. The van der Waals surface area contributed by atoms with Crippen LogP contribution < -0.4 is 51.0 Å². The second kappa shape index (κ2) is 11.9. The van der Waals surface area contributed by atoms with E-state index in [9.17, 15) is 24.3 Å². The molecule has 1 aromatic carbocycles. The van der Waals surface area contributed by atoms with Gasteiger partial charge < -0.3 is 26.3 Å². The monoisotopic (exact) mass is 542 g/mol. The molecule has 0 aliphatic carbocycles. The van der Waals surface area contributed by atoms with Crippen LogP contribution >= 0.6 is 34.9 Å². The fraction of sp³-hybridized carbons (Fsp3) is 0.300. The van der Waals surface area contributed by atoms with Crippen molar-refractivity contribution in [3.63, 3.8) is 0 Å². The van der Waals surface area contributed by atoms with Gasteiger partial charge in [0.25, 0.3) is 5.91 Å². The van der Waals surface area contributed by atoms with Gasteiger partial charge in [-0.1, -0.05) is 35.2 Å². The first-order valence-corrected chi connectivity index (χ1v) is 12.8. The maximum atomic E-state index is 12.8. The molecular formula is C20H19N6NaO5S3.